The number of methoxy groups -OCH3 is 1. The first-order valence-corrected chi connectivity index (χ1v) is 17.4. The minimum atomic E-state index is -0.833. The molecule has 1 saturated heterocycles. The van der Waals surface area contributed by atoms with Crippen LogP contribution in [0, 0.1) is 0 Å². The van der Waals surface area contributed by atoms with Gasteiger partial charge < -0.3 is 28.8 Å². The quantitative estimate of drug-likeness (QED) is 0.108. The van der Waals surface area contributed by atoms with Gasteiger partial charge >= 0.3 is 5.97 Å². The SMILES string of the molecule is CCOc1ccccc1N1CCN(CCC(Oc2ccc(C(=O)c3cn(CCCC(=O)O)c4ccccc34)cc2OC)c2ccccc2)CC1. The van der Waals surface area contributed by atoms with Crippen molar-refractivity contribution in [2.24, 2.45) is 0 Å². The van der Waals surface area contributed by atoms with Gasteiger partial charge in [-0.1, -0.05) is 60.7 Å². The maximum absolute atomic E-state index is 13.9. The highest BCUT2D eigenvalue weighted by Gasteiger charge is 2.24. The van der Waals surface area contributed by atoms with Gasteiger partial charge in [-0.2, -0.15) is 0 Å². The van der Waals surface area contributed by atoms with E-state index in [0.717, 1.165) is 67.0 Å². The van der Waals surface area contributed by atoms with E-state index in [1.807, 2.05) is 78.4 Å². The number of piperazine rings is 1. The van der Waals surface area contributed by atoms with Gasteiger partial charge in [0, 0.05) is 80.3 Å². The van der Waals surface area contributed by atoms with Crippen LogP contribution in [0.25, 0.3) is 10.9 Å². The van der Waals surface area contributed by atoms with Crippen LogP contribution < -0.4 is 19.1 Å². The van der Waals surface area contributed by atoms with E-state index < -0.39 is 5.97 Å². The molecule has 1 unspecified atom stereocenters. The number of para-hydroxylation sites is 3. The molecule has 0 radical (unpaired) electrons. The van der Waals surface area contributed by atoms with Gasteiger partial charge in [0.05, 0.1) is 19.4 Å². The second kappa shape index (κ2) is 16.4. The largest absolute Gasteiger partial charge is 0.493 e. The zero-order valence-corrected chi connectivity index (χ0v) is 28.8. The van der Waals surface area contributed by atoms with Gasteiger partial charge in [0.1, 0.15) is 11.9 Å². The normalized spacial score (nSPS) is 14.0. The minimum Gasteiger partial charge on any atom is -0.493 e. The van der Waals surface area contributed by atoms with E-state index in [2.05, 4.69) is 34.1 Å². The number of carboxylic acid groups (broad SMARTS) is 1. The Labute approximate surface area is 293 Å². The van der Waals surface area contributed by atoms with E-state index in [-0.39, 0.29) is 18.3 Å². The van der Waals surface area contributed by atoms with Gasteiger partial charge in [-0.05, 0) is 55.3 Å². The maximum atomic E-state index is 13.9. The number of aryl methyl sites for hydroxylation is 1. The topological polar surface area (TPSA) is 93.5 Å². The molecule has 0 amide bonds. The molecule has 9 heteroatoms. The fourth-order valence-corrected chi connectivity index (χ4v) is 6.70. The number of aromatic nitrogens is 1. The van der Waals surface area contributed by atoms with E-state index in [0.29, 0.717) is 42.2 Å². The number of anilines is 1. The number of benzene rings is 4. The molecule has 1 aliphatic rings. The Kier molecular flexibility index (Phi) is 11.4. The van der Waals surface area contributed by atoms with Crippen molar-refractivity contribution in [3.05, 3.63) is 120 Å². The number of rotatable bonds is 16. The molecule has 5 aromatic rings. The number of carbonyl (C=O) groups excluding carboxylic acids is 1. The van der Waals surface area contributed by atoms with Gasteiger partial charge in [0.25, 0.3) is 0 Å². The number of aliphatic carboxylic acids is 1. The average Bonchev–Trinajstić information content (AvgIpc) is 3.52. The minimum absolute atomic E-state index is 0.0685. The molecule has 0 bridgehead atoms. The number of hydrogen-bond donors (Lipinski definition) is 1. The Balaban J connectivity index is 1.15. The van der Waals surface area contributed by atoms with Crippen LogP contribution in [-0.4, -0.2) is 72.8 Å². The Hall–Kier alpha value is -5.28. The summed E-state index contributed by atoms with van der Waals surface area (Å²) in [7, 11) is 1.59. The van der Waals surface area contributed by atoms with Crippen molar-refractivity contribution in [3.63, 3.8) is 0 Å². The third-order valence-electron chi connectivity index (χ3n) is 9.27. The van der Waals surface area contributed by atoms with E-state index in [1.54, 1.807) is 19.2 Å². The molecule has 6 rings (SSSR count). The van der Waals surface area contributed by atoms with Crippen LogP contribution in [0.4, 0.5) is 5.69 Å². The van der Waals surface area contributed by atoms with Crippen molar-refractivity contribution in [2.45, 2.75) is 38.8 Å². The molecule has 0 aliphatic carbocycles. The summed E-state index contributed by atoms with van der Waals surface area (Å²) >= 11 is 0. The van der Waals surface area contributed by atoms with Gasteiger partial charge in [0.2, 0.25) is 0 Å². The smallest absolute Gasteiger partial charge is 0.303 e. The third-order valence-corrected chi connectivity index (χ3v) is 9.27. The number of hydrogen-bond acceptors (Lipinski definition) is 7. The third kappa shape index (κ3) is 8.12. The number of carboxylic acids is 1. The first-order valence-electron chi connectivity index (χ1n) is 17.4. The number of carbonyl (C=O) groups is 2. The number of ketones is 1. The summed E-state index contributed by atoms with van der Waals surface area (Å²) in [4.78, 5) is 29.9. The lowest BCUT2D eigenvalue weighted by Crippen LogP contribution is -2.47. The summed E-state index contributed by atoms with van der Waals surface area (Å²) in [5.41, 5.74) is 4.18. The van der Waals surface area contributed by atoms with E-state index in [4.69, 9.17) is 19.3 Å². The highest BCUT2D eigenvalue weighted by atomic mass is 16.5. The van der Waals surface area contributed by atoms with Crippen LogP contribution in [0.15, 0.2) is 103 Å². The average molecular weight is 676 g/mol. The van der Waals surface area contributed by atoms with Crippen molar-refractivity contribution >= 4 is 28.3 Å². The summed E-state index contributed by atoms with van der Waals surface area (Å²) < 4.78 is 20.3. The highest BCUT2D eigenvalue weighted by molar-refractivity contribution is 6.16. The van der Waals surface area contributed by atoms with Crippen LogP contribution >= 0.6 is 0 Å². The second-order valence-electron chi connectivity index (χ2n) is 12.5. The first kappa shape index (κ1) is 34.6. The van der Waals surface area contributed by atoms with E-state index >= 15 is 0 Å². The number of ether oxygens (including phenoxy) is 3. The lowest BCUT2D eigenvalue weighted by molar-refractivity contribution is -0.137. The van der Waals surface area contributed by atoms with Crippen LogP contribution in [0.2, 0.25) is 0 Å². The molecule has 9 nitrogen and oxygen atoms in total. The summed E-state index contributed by atoms with van der Waals surface area (Å²) in [5, 5.41) is 9.93. The fourth-order valence-electron chi connectivity index (χ4n) is 6.70. The van der Waals surface area contributed by atoms with Crippen LogP contribution in [0.3, 0.4) is 0 Å². The van der Waals surface area contributed by atoms with Crippen LogP contribution in [0.5, 0.6) is 17.2 Å². The van der Waals surface area contributed by atoms with E-state index in [1.165, 1.54) is 0 Å². The molecule has 1 N–H and O–H groups in total. The van der Waals surface area contributed by atoms with Crippen molar-refractivity contribution in [1.82, 2.24) is 9.47 Å². The lowest BCUT2D eigenvalue weighted by atomic mass is 10.0. The lowest BCUT2D eigenvalue weighted by Gasteiger charge is -2.37. The zero-order chi connectivity index (χ0) is 34.9. The molecule has 1 atom stereocenters. The van der Waals surface area contributed by atoms with E-state index in [9.17, 15) is 9.59 Å². The fraction of sp³-hybridized carbons (Fsp3) is 0.317. The molecule has 1 aliphatic heterocycles. The number of nitrogens with zero attached hydrogens (tertiary/aromatic N) is 3. The molecule has 1 aromatic heterocycles. The number of fused-ring (bicyclic) bond motifs is 1. The molecular weight excluding hydrogens is 630 g/mol. The molecule has 50 heavy (non-hydrogen) atoms. The monoisotopic (exact) mass is 675 g/mol. The maximum Gasteiger partial charge on any atom is 0.303 e. The zero-order valence-electron chi connectivity index (χ0n) is 28.8. The van der Waals surface area contributed by atoms with Gasteiger partial charge in [-0.15, -0.1) is 0 Å². The predicted molar refractivity (Wildman–Crippen MR) is 196 cm³/mol. The van der Waals surface area contributed by atoms with Gasteiger partial charge in [0.15, 0.2) is 17.3 Å². The van der Waals surface area contributed by atoms with Crippen molar-refractivity contribution < 1.29 is 28.9 Å². The Morgan fingerprint density at radius 1 is 0.820 bits per heavy atom. The predicted octanol–water partition coefficient (Wildman–Crippen LogP) is 7.48. The molecule has 1 fully saturated rings. The van der Waals surface area contributed by atoms with Gasteiger partial charge in [-0.25, -0.2) is 0 Å². The van der Waals surface area contributed by atoms with Crippen molar-refractivity contribution in [3.8, 4) is 17.2 Å². The molecule has 260 valence electrons. The first-order chi connectivity index (χ1) is 24.4. The van der Waals surface area contributed by atoms with Gasteiger partial charge in [-0.3, -0.25) is 14.5 Å². The molecule has 4 aromatic carbocycles. The Bertz CT molecular complexity index is 1900. The Morgan fingerprint density at radius 2 is 1.56 bits per heavy atom. The molecule has 2 heterocycles. The second-order valence-corrected chi connectivity index (χ2v) is 12.5. The molecule has 0 saturated carbocycles. The summed E-state index contributed by atoms with van der Waals surface area (Å²) in [6.07, 6.45) is 2.94. The summed E-state index contributed by atoms with van der Waals surface area (Å²) in [6.45, 7) is 7.77. The summed E-state index contributed by atoms with van der Waals surface area (Å²) in [5.74, 6) is 1.03. The van der Waals surface area contributed by atoms with Crippen molar-refractivity contribution in [2.75, 3.05) is 51.3 Å². The van der Waals surface area contributed by atoms with Crippen LogP contribution in [0.1, 0.15) is 53.8 Å². The standard InChI is InChI=1S/C41H45N3O6/c1-3-49-37-17-10-9-16-35(37)43-26-24-42(25-27-43)23-21-36(30-12-5-4-6-13-30)50-38-20-19-31(28-39(38)48-2)41(47)33-29-44(22-11-18-40(45)46)34-15-8-7-14-32(33)34/h4-10,12-17,19-20,28-29,36H,3,11,18,21-27H2,1-2H3,(H,45,46). The highest BCUT2D eigenvalue weighted by Crippen LogP contribution is 2.35. The summed E-state index contributed by atoms with van der Waals surface area (Å²) in [6, 6.07) is 31.5. The van der Waals surface area contributed by atoms with Crippen molar-refractivity contribution in [1.29, 1.82) is 0 Å². The van der Waals surface area contributed by atoms with Crippen LogP contribution in [-0.2, 0) is 11.3 Å². The Morgan fingerprint density at radius 3 is 2.32 bits per heavy atom. The molecule has 0 spiro atoms. The molecular formula is C41H45N3O6.